The van der Waals surface area contributed by atoms with Crippen LogP contribution in [0.25, 0.3) is 0 Å². The summed E-state index contributed by atoms with van der Waals surface area (Å²) in [5.41, 5.74) is 0.145. The minimum atomic E-state index is -2.96. The Morgan fingerprint density at radius 1 is 1.11 bits per heavy atom. The van der Waals surface area contributed by atoms with E-state index in [1.54, 1.807) is 0 Å². The Hall–Kier alpha value is -1.37. The van der Waals surface area contributed by atoms with Crippen molar-refractivity contribution in [1.82, 2.24) is 5.32 Å². The van der Waals surface area contributed by atoms with Crippen LogP contribution in [0.15, 0.2) is 11.1 Å². The second-order valence-corrected chi connectivity index (χ2v) is 6.76. The molecule has 7 heteroatoms. The first-order valence-corrected chi connectivity index (χ1v) is 7.47. The number of carboxylic acids is 1. The monoisotopic (exact) mass is 275 g/mol. The van der Waals surface area contributed by atoms with Crippen molar-refractivity contribution in [1.29, 1.82) is 0 Å². The third-order valence-electron chi connectivity index (χ3n) is 3.11. The molecule has 0 radical (unpaired) electrons. The van der Waals surface area contributed by atoms with Crippen LogP contribution < -0.4 is 5.32 Å². The zero-order valence-electron chi connectivity index (χ0n) is 10.4. The maximum absolute atomic E-state index is 11.7. The van der Waals surface area contributed by atoms with E-state index in [1.165, 1.54) is 13.8 Å². The lowest BCUT2D eigenvalue weighted by Gasteiger charge is -2.23. The molecule has 0 bridgehead atoms. The highest BCUT2D eigenvalue weighted by atomic mass is 32.2. The SMILES string of the molecule is C/C(C(=O)O)=C(\C)C(=O)NC1CCS(=O)(=O)CC1. The number of rotatable bonds is 3. The fraction of sp³-hybridized carbons (Fsp3) is 0.636. The van der Waals surface area contributed by atoms with E-state index in [9.17, 15) is 18.0 Å². The molecule has 1 saturated heterocycles. The summed E-state index contributed by atoms with van der Waals surface area (Å²) in [6.45, 7) is 2.81. The first kappa shape index (κ1) is 14.7. The number of carbonyl (C=O) groups excluding carboxylic acids is 1. The molecule has 0 aromatic heterocycles. The lowest BCUT2D eigenvalue weighted by Crippen LogP contribution is -2.41. The molecule has 1 fully saturated rings. The van der Waals surface area contributed by atoms with Gasteiger partial charge in [0.15, 0.2) is 0 Å². The van der Waals surface area contributed by atoms with Crippen molar-refractivity contribution in [3.63, 3.8) is 0 Å². The van der Waals surface area contributed by atoms with Gasteiger partial charge in [0.1, 0.15) is 9.84 Å². The highest BCUT2D eigenvalue weighted by Crippen LogP contribution is 2.13. The van der Waals surface area contributed by atoms with Crippen molar-refractivity contribution in [3.8, 4) is 0 Å². The van der Waals surface area contributed by atoms with Crippen LogP contribution in [0.1, 0.15) is 26.7 Å². The normalized spacial score (nSPS) is 21.0. The molecule has 6 nitrogen and oxygen atoms in total. The van der Waals surface area contributed by atoms with E-state index in [-0.39, 0.29) is 28.7 Å². The highest BCUT2D eigenvalue weighted by Gasteiger charge is 2.25. The van der Waals surface area contributed by atoms with Crippen molar-refractivity contribution < 1.29 is 23.1 Å². The zero-order chi connectivity index (χ0) is 13.9. The smallest absolute Gasteiger partial charge is 0.331 e. The van der Waals surface area contributed by atoms with Crippen LogP contribution in [-0.2, 0) is 19.4 Å². The number of sulfone groups is 1. The van der Waals surface area contributed by atoms with Gasteiger partial charge in [0.05, 0.1) is 11.5 Å². The average molecular weight is 275 g/mol. The van der Waals surface area contributed by atoms with E-state index in [2.05, 4.69) is 5.32 Å². The van der Waals surface area contributed by atoms with E-state index >= 15 is 0 Å². The number of aliphatic carboxylic acids is 1. The summed E-state index contributed by atoms with van der Waals surface area (Å²) in [5, 5.41) is 11.4. The Bertz CT molecular complexity index is 478. The molecule has 1 rings (SSSR count). The Labute approximate surface area is 106 Å². The number of hydrogen-bond donors (Lipinski definition) is 2. The van der Waals surface area contributed by atoms with Gasteiger partial charge in [0.25, 0.3) is 0 Å². The number of carbonyl (C=O) groups is 2. The van der Waals surface area contributed by atoms with Crippen molar-refractivity contribution in [2.75, 3.05) is 11.5 Å². The lowest BCUT2D eigenvalue weighted by molar-refractivity contribution is -0.133. The van der Waals surface area contributed by atoms with Crippen LogP contribution in [0.5, 0.6) is 0 Å². The number of hydrogen-bond acceptors (Lipinski definition) is 4. The van der Waals surface area contributed by atoms with Crippen molar-refractivity contribution in [3.05, 3.63) is 11.1 Å². The van der Waals surface area contributed by atoms with Crippen LogP contribution in [-0.4, -0.2) is 42.9 Å². The minimum Gasteiger partial charge on any atom is -0.478 e. The Balaban J connectivity index is 2.62. The lowest BCUT2D eigenvalue weighted by atomic mass is 10.1. The van der Waals surface area contributed by atoms with Gasteiger partial charge >= 0.3 is 5.97 Å². The Kier molecular flexibility index (Phi) is 4.50. The van der Waals surface area contributed by atoms with Crippen molar-refractivity contribution in [2.24, 2.45) is 0 Å². The molecule has 0 spiro atoms. The molecular weight excluding hydrogens is 258 g/mol. The van der Waals surface area contributed by atoms with Crippen LogP contribution in [0.3, 0.4) is 0 Å². The van der Waals surface area contributed by atoms with Gasteiger partial charge in [-0.05, 0) is 26.7 Å². The molecule has 0 unspecified atom stereocenters. The fourth-order valence-electron chi connectivity index (χ4n) is 1.66. The van der Waals surface area contributed by atoms with Crippen LogP contribution in [0, 0.1) is 0 Å². The molecule has 18 heavy (non-hydrogen) atoms. The summed E-state index contributed by atoms with van der Waals surface area (Å²) in [7, 11) is -2.96. The van der Waals surface area contributed by atoms with Crippen molar-refractivity contribution in [2.45, 2.75) is 32.7 Å². The van der Waals surface area contributed by atoms with Gasteiger partial charge < -0.3 is 10.4 Å². The predicted octanol–water partition coefficient (Wildman–Crippen LogP) is 0.101. The van der Waals surface area contributed by atoms with Crippen LogP contribution in [0.4, 0.5) is 0 Å². The van der Waals surface area contributed by atoms with Crippen molar-refractivity contribution >= 4 is 21.7 Å². The number of carboxylic acid groups (broad SMARTS) is 1. The maximum atomic E-state index is 11.7. The molecule has 102 valence electrons. The average Bonchev–Trinajstić information content (AvgIpc) is 2.29. The molecule has 1 amide bonds. The second kappa shape index (κ2) is 5.51. The highest BCUT2D eigenvalue weighted by molar-refractivity contribution is 7.91. The number of nitrogens with one attached hydrogen (secondary N) is 1. The summed E-state index contributed by atoms with van der Waals surface area (Å²) < 4.78 is 22.4. The van der Waals surface area contributed by atoms with E-state index in [1.807, 2.05) is 0 Å². The van der Waals surface area contributed by atoms with Crippen LogP contribution >= 0.6 is 0 Å². The quantitative estimate of drug-likeness (QED) is 0.711. The van der Waals surface area contributed by atoms with Gasteiger partial charge in [0.2, 0.25) is 5.91 Å². The maximum Gasteiger partial charge on any atom is 0.331 e. The molecule has 0 saturated carbocycles. The second-order valence-electron chi connectivity index (χ2n) is 4.45. The van der Waals surface area contributed by atoms with E-state index in [0.717, 1.165) is 0 Å². The molecule has 2 N–H and O–H groups in total. The largest absolute Gasteiger partial charge is 0.478 e. The molecule has 0 aromatic carbocycles. The van der Waals surface area contributed by atoms with Gasteiger partial charge in [-0.1, -0.05) is 0 Å². The molecule has 1 heterocycles. The third kappa shape index (κ3) is 3.83. The van der Waals surface area contributed by atoms with Gasteiger partial charge in [-0.2, -0.15) is 0 Å². The molecule has 1 aliphatic rings. The summed E-state index contributed by atoms with van der Waals surface area (Å²) in [6, 6.07) is -0.197. The van der Waals surface area contributed by atoms with E-state index in [0.29, 0.717) is 12.8 Å². The van der Waals surface area contributed by atoms with E-state index < -0.39 is 21.7 Å². The van der Waals surface area contributed by atoms with Gasteiger partial charge in [-0.15, -0.1) is 0 Å². The summed E-state index contributed by atoms with van der Waals surface area (Å²) in [6.07, 6.45) is 0.765. The zero-order valence-corrected chi connectivity index (χ0v) is 11.2. The Morgan fingerprint density at radius 2 is 1.61 bits per heavy atom. The van der Waals surface area contributed by atoms with Crippen LogP contribution in [0.2, 0.25) is 0 Å². The topological polar surface area (TPSA) is 101 Å². The third-order valence-corrected chi connectivity index (χ3v) is 4.83. The predicted molar refractivity (Wildman–Crippen MR) is 65.8 cm³/mol. The van der Waals surface area contributed by atoms with Gasteiger partial charge in [-0.25, -0.2) is 13.2 Å². The summed E-state index contributed by atoms with van der Waals surface area (Å²) >= 11 is 0. The minimum absolute atomic E-state index is 0.00377. The molecule has 1 aliphatic heterocycles. The molecule has 0 aromatic rings. The molecule has 0 aliphatic carbocycles. The molecular formula is C11H17NO5S. The van der Waals surface area contributed by atoms with Gasteiger partial charge in [0, 0.05) is 17.2 Å². The fourth-order valence-corrected chi connectivity index (χ4v) is 3.15. The standard InChI is InChI=1S/C11H17NO5S/c1-7(8(2)11(14)15)10(13)12-9-3-5-18(16,17)6-4-9/h9H,3-6H2,1-2H3,(H,12,13)(H,14,15)/b8-7-. The summed E-state index contributed by atoms with van der Waals surface area (Å²) in [4.78, 5) is 22.4. The first-order chi connectivity index (χ1) is 8.23. The first-order valence-electron chi connectivity index (χ1n) is 5.65. The van der Waals surface area contributed by atoms with E-state index in [4.69, 9.17) is 5.11 Å². The Morgan fingerprint density at radius 3 is 2.06 bits per heavy atom. The number of amides is 1. The van der Waals surface area contributed by atoms with Gasteiger partial charge in [-0.3, -0.25) is 4.79 Å². The summed E-state index contributed by atoms with van der Waals surface area (Å²) in [5.74, 6) is -1.44. The molecule has 0 atom stereocenters.